The van der Waals surface area contributed by atoms with Crippen LogP contribution in [0.4, 0.5) is 26.1 Å². The molecule has 4 aliphatic heterocycles. The molecule has 6 atom stereocenters. The summed E-state index contributed by atoms with van der Waals surface area (Å²) in [6.07, 6.45) is 11.1. The Morgan fingerprint density at radius 1 is 1.15 bits per heavy atom. The van der Waals surface area contributed by atoms with E-state index < -0.39 is 23.6 Å². The number of β-amino-alcohol motifs (C(OH)–C–C–N with tert-alkyl or cyclic N) is 1. The van der Waals surface area contributed by atoms with Gasteiger partial charge in [-0.05, 0) is 61.9 Å². The number of pyridine rings is 1. The molecule has 0 saturated carbocycles. The van der Waals surface area contributed by atoms with Gasteiger partial charge < -0.3 is 29.9 Å². The highest BCUT2D eigenvalue weighted by atomic mass is 19.1. The molecule has 0 spiro atoms. The van der Waals surface area contributed by atoms with Crippen molar-refractivity contribution in [2.75, 3.05) is 47.5 Å². The minimum Gasteiger partial charge on any atom is -0.461 e. The molecule has 250 valence electrons. The molecule has 2 N–H and O–H groups in total. The van der Waals surface area contributed by atoms with Gasteiger partial charge in [0.2, 0.25) is 0 Å². The third kappa shape index (κ3) is 5.45. The lowest BCUT2D eigenvalue weighted by Crippen LogP contribution is -2.52. The van der Waals surface area contributed by atoms with E-state index in [1.54, 1.807) is 12.3 Å². The SMILES string of the molecule is C#Cc1c(F)ccc2c1N(C1=Cc3nc(OC[C@]4(C)C[C@@H](F)CN4c4ccccn4)nc(N4C[C@H]5CC(C)[C@@H](C4)N5)c3CC1)C[C@H](O)C2. The van der Waals surface area contributed by atoms with Crippen LogP contribution in [0.5, 0.6) is 6.01 Å². The highest BCUT2D eigenvalue weighted by Crippen LogP contribution is 2.41. The minimum absolute atomic E-state index is 0.180. The normalized spacial score (nSPS) is 29.3. The van der Waals surface area contributed by atoms with Gasteiger partial charge in [0.25, 0.3) is 0 Å². The maximum atomic E-state index is 14.9. The average molecular weight is 654 g/mol. The van der Waals surface area contributed by atoms with Gasteiger partial charge in [0.05, 0.1) is 35.1 Å². The quantitative estimate of drug-likeness (QED) is 0.379. The summed E-state index contributed by atoms with van der Waals surface area (Å²) in [5, 5.41) is 14.6. The number of anilines is 3. The number of halogens is 2. The molecule has 1 aromatic carbocycles. The van der Waals surface area contributed by atoms with Crippen molar-refractivity contribution < 1.29 is 18.6 Å². The number of aliphatic hydroxyl groups excluding tert-OH is 1. The van der Waals surface area contributed by atoms with E-state index in [4.69, 9.17) is 21.1 Å². The number of nitrogens with one attached hydrogen (secondary N) is 1. The van der Waals surface area contributed by atoms with Gasteiger partial charge >= 0.3 is 6.01 Å². The Balaban J connectivity index is 1.17. The van der Waals surface area contributed by atoms with E-state index in [1.807, 2.05) is 41.0 Å². The van der Waals surface area contributed by atoms with Crippen LogP contribution in [-0.4, -0.2) is 82.7 Å². The van der Waals surface area contributed by atoms with Crippen LogP contribution in [0, 0.1) is 24.1 Å². The molecule has 3 aromatic rings. The number of allylic oxidation sites excluding steroid dienone is 1. The van der Waals surface area contributed by atoms with Gasteiger partial charge in [0.15, 0.2) is 0 Å². The van der Waals surface area contributed by atoms with E-state index in [1.165, 1.54) is 6.07 Å². The van der Waals surface area contributed by atoms with Gasteiger partial charge in [-0.25, -0.2) is 13.8 Å². The lowest BCUT2D eigenvalue weighted by molar-refractivity contribution is 0.177. The first kappa shape index (κ1) is 31.0. The number of aliphatic hydroxyl groups is 1. The topological polar surface area (TPSA) is 89.9 Å². The zero-order valence-corrected chi connectivity index (χ0v) is 27.4. The molecule has 2 bridgehead atoms. The van der Waals surface area contributed by atoms with Gasteiger partial charge in [0.1, 0.15) is 30.2 Å². The molecule has 9 nitrogen and oxygen atoms in total. The van der Waals surface area contributed by atoms with Crippen LogP contribution < -0.4 is 24.8 Å². The highest BCUT2D eigenvalue weighted by Gasteiger charge is 2.44. The summed E-state index contributed by atoms with van der Waals surface area (Å²) in [5.74, 6) is 4.25. The molecule has 1 unspecified atom stereocenters. The smallest absolute Gasteiger partial charge is 0.319 e. The van der Waals surface area contributed by atoms with Crippen LogP contribution in [0.25, 0.3) is 6.08 Å². The maximum absolute atomic E-state index is 14.9. The first-order chi connectivity index (χ1) is 23.2. The molecular weight excluding hydrogens is 612 g/mol. The second-order valence-corrected chi connectivity index (χ2v) is 14.3. The lowest BCUT2D eigenvalue weighted by Gasteiger charge is -2.39. The summed E-state index contributed by atoms with van der Waals surface area (Å²) < 4.78 is 36.3. The lowest BCUT2D eigenvalue weighted by atomic mass is 9.92. The molecule has 3 saturated heterocycles. The molecule has 0 amide bonds. The Bertz CT molecular complexity index is 1800. The van der Waals surface area contributed by atoms with E-state index in [0.717, 1.165) is 47.8 Å². The fourth-order valence-electron chi connectivity index (χ4n) is 8.52. The highest BCUT2D eigenvalue weighted by molar-refractivity contribution is 5.74. The van der Waals surface area contributed by atoms with E-state index in [-0.39, 0.29) is 24.7 Å². The fraction of sp³-hybridized carbons (Fsp3) is 0.486. The van der Waals surface area contributed by atoms with E-state index >= 15 is 0 Å². The summed E-state index contributed by atoms with van der Waals surface area (Å²) >= 11 is 0. The molecule has 8 rings (SSSR count). The number of hydrogen-bond donors (Lipinski definition) is 2. The van der Waals surface area contributed by atoms with Gasteiger partial charge in [0, 0.05) is 62.0 Å². The van der Waals surface area contributed by atoms with Crippen LogP contribution >= 0.6 is 0 Å². The standard InChI is InChI=1S/C37H41F2N7O2/c1-4-28-30(39)11-8-23-14-27(47)19-45(34(23)28)26-9-10-29-31(15-26)42-36(43-35(29)44-18-25-13-22(2)32(20-44)41-25)48-21-37(3)16-24(38)17-46(37)33-7-5-6-12-40-33/h1,5-8,11-12,15,22,24-25,27,32,41,47H,9-10,13-14,16-21H2,2-3H3/t22?,24-,25-,27-,32-,37+/m1/s1. The van der Waals surface area contributed by atoms with Gasteiger partial charge in [-0.1, -0.05) is 25.0 Å². The van der Waals surface area contributed by atoms with E-state index in [2.05, 4.69) is 28.0 Å². The Morgan fingerprint density at radius 3 is 2.81 bits per heavy atom. The minimum atomic E-state index is -1.01. The van der Waals surface area contributed by atoms with Crippen LogP contribution in [-0.2, 0) is 12.8 Å². The van der Waals surface area contributed by atoms with Crippen LogP contribution in [0.2, 0.25) is 0 Å². The van der Waals surface area contributed by atoms with Crippen LogP contribution in [0.15, 0.2) is 42.2 Å². The Kier molecular flexibility index (Phi) is 7.76. The van der Waals surface area contributed by atoms with Gasteiger partial charge in [-0.15, -0.1) is 6.42 Å². The maximum Gasteiger partial charge on any atom is 0.319 e. The number of ether oxygens (including phenoxy) is 1. The third-order valence-electron chi connectivity index (χ3n) is 10.8. The summed E-state index contributed by atoms with van der Waals surface area (Å²) in [4.78, 5) is 20.8. The molecule has 2 aromatic heterocycles. The number of aromatic nitrogens is 3. The zero-order chi connectivity index (χ0) is 33.2. The Hall–Kier alpha value is -4.27. The number of rotatable bonds is 6. The van der Waals surface area contributed by atoms with Crippen molar-refractivity contribution >= 4 is 23.4 Å². The first-order valence-electron chi connectivity index (χ1n) is 17.0. The summed E-state index contributed by atoms with van der Waals surface area (Å²) in [7, 11) is 0. The van der Waals surface area contributed by atoms with Crippen molar-refractivity contribution in [1.82, 2.24) is 20.3 Å². The second-order valence-electron chi connectivity index (χ2n) is 14.3. The monoisotopic (exact) mass is 653 g/mol. The Morgan fingerprint density at radius 2 is 2.02 bits per heavy atom. The largest absolute Gasteiger partial charge is 0.461 e. The summed E-state index contributed by atoms with van der Waals surface area (Å²) in [6.45, 7) is 6.69. The molecule has 11 heteroatoms. The molecule has 0 radical (unpaired) electrons. The number of fused-ring (bicyclic) bond motifs is 4. The average Bonchev–Trinajstić information content (AvgIpc) is 3.54. The number of alkyl halides is 1. The first-order valence-corrected chi connectivity index (χ1v) is 17.0. The van der Waals surface area contributed by atoms with Crippen molar-refractivity contribution in [2.24, 2.45) is 5.92 Å². The van der Waals surface area contributed by atoms with E-state index in [9.17, 15) is 13.9 Å². The Labute approximate surface area is 280 Å². The number of benzene rings is 1. The van der Waals surface area contributed by atoms with E-state index in [0.29, 0.717) is 61.7 Å². The van der Waals surface area contributed by atoms with Gasteiger partial charge in [-0.3, -0.25) is 0 Å². The van der Waals surface area contributed by atoms with Crippen molar-refractivity contribution in [3.8, 4) is 18.4 Å². The van der Waals surface area contributed by atoms with Crippen molar-refractivity contribution in [1.29, 1.82) is 0 Å². The summed E-state index contributed by atoms with van der Waals surface area (Å²) in [6, 6.07) is 9.73. The molecule has 3 fully saturated rings. The third-order valence-corrected chi connectivity index (χ3v) is 10.8. The fourth-order valence-corrected chi connectivity index (χ4v) is 8.52. The predicted molar refractivity (Wildman–Crippen MR) is 181 cm³/mol. The second kappa shape index (κ2) is 12.0. The van der Waals surface area contributed by atoms with Crippen LogP contribution in [0.1, 0.15) is 55.5 Å². The molecule has 6 heterocycles. The molecule has 5 aliphatic rings. The molecule has 48 heavy (non-hydrogen) atoms. The molecule has 1 aliphatic carbocycles. The number of piperazine rings is 1. The summed E-state index contributed by atoms with van der Waals surface area (Å²) in [5.41, 5.74) is 3.69. The number of terminal acetylenes is 1. The van der Waals surface area contributed by atoms with Gasteiger partial charge in [-0.2, -0.15) is 9.97 Å². The van der Waals surface area contributed by atoms with Crippen LogP contribution in [0.3, 0.4) is 0 Å². The zero-order valence-electron chi connectivity index (χ0n) is 27.4. The van der Waals surface area contributed by atoms with Crippen molar-refractivity contribution in [3.05, 3.63) is 70.4 Å². The number of hydrogen-bond acceptors (Lipinski definition) is 9. The predicted octanol–water partition coefficient (Wildman–Crippen LogP) is 4.28. The number of nitrogens with zero attached hydrogens (tertiary/aromatic N) is 6. The molecular formula is C37H41F2N7O2. The van der Waals surface area contributed by atoms with Crippen molar-refractivity contribution in [2.45, 2.75) is 75.8 Å². The van der Waals surface area contributed by atoms with Crippen molar-refractivity contribution in [3.63, 3.8) is 0 Å².